The number of allylic oxidation sites excluding steroid dienone is 1. The van der Waals surface area contributed by atoms with Crippen LogP contribution in [0.1, 0.15) is 23.5 Å². The number of ether oxygens (including phenoxy) is 2. The topological polar surface area (TPSA) is 65.8 Å². The van der Waals surface area contributed by atoms with Crippen LogP contribution < -0.4 is 14.4 Å². The van der Waals surface area contributed by atoms with E-state index in [4.69, 9.17) is 21.1 Å². The van der Waals surface area contributed by atoms with Crippen molar-refractivity contribution in [2.45, 2.75) is 18.9 Å². The first-order chi connectivity index (χ1) is 17.6. The Labute approximate surface area is 219 Å². The highest BCUT2D eigenvalue weighted by molar-refractivity contribution is 8.03. The first-order valence-electron chi connectivity index (χ1n) is 11.5. The molecule has 0 spiro atoms. The molecule has 3 aromatic rings. The summed E-state index contributed by atoms with van der Waals surface area (Å²) in [6.45, 7) is 0.801. The maximum absolute atomic E-state index is 13.3. The Morgan fingerprint density at radius 2 is 1.92 bits per heavy atom. The van der Waals surface area contributed by atoms with E-state index in [0.717, 1.165) is 21.8 Å². The molecule has 1 saturated heterocycles. The number of hydrogen-bond acceptors (Lipinski definition) is 6. The molecule has 8 heteroatoms. The van der Waals surface area contributed by atoms with Gasteiger partial charge < -0.3 is 14.4 Å². The van der Waals surface area contributed by atoms with Gasteiger partial charge in [0, 0.05) is 23.0 Å². The molecule has 182 valence electrons. The summed E-state index contributed by atoms with van der Waals surface area (Å²) in [6, 6.07) is 25.5. The largest absolute Gasteiger partial charge is 0.493 e. The van der Waals surface area contributed by atoms with E-state index in [0.29, 0.717) is 41.2 Å². The van der Waals surface area contributed by atoms with Crippen LogP contribution in [0.15, 0.2) is 83.4 Å². The van der Waals surface area contributed by atoms with E-state index in [9.17, 15) is 10.1 Å². The predicted octanol–water partition coefficient (Wildman–Crippen LogP) is 6.15. The van der Waals surface area contributed by atoms with Crippen LogP contribution in [0.3, 0.4) is 0 Å². The summed E-state index contributed by atoms with van der Waals surface area (Å²) in [7, 11) is 1.59. The van der Waals surface area contributed by atoms with E-state index >= 15 is 0 Å². The first kappa shape index (κ1) is 24.1. The van der Waals surface area contributed by atoms with Crippen LogP contribution in [0.4, 0.5) is 5.69 Å². The fourth-order valence-electron chi connectivity index (χ4n) is 4.44. The van der Waals surface area contributed by atoms with E-state index in [1.54, 1.807) is 12.0 Å². The zero-order chi connectivity index (χ0) is 25.1. The lowest BCUT2D eigenvalue weighted by Crippen LogP contribution is -2.47. The summed E-state index contributed by atoms with van der Waals surface area (Å²) in [6.07, 6.45) is 0.212. The number of nitrogens with zero attached hydrogens (tertiary/aromatic N) is 3. The molecule has 2 aliphatic rings. The number of rotatable bonds is 6. The maximum Gasteiger partial charge on any atom is 0.229 e. The molecule has 2 aliphatic heterocycles. The van der Waals surface area contributed by atoms with E-state index in [-0.39, 0.29) is 18.2 Å². The van der Waals surface area contributed by atoms with E-state index in [1.165, 1.54) is 11.8 Å². The van der Waals surface area contributed by atoms with Crippen molar-refractivity contribution in [3.63, 3.8) is 0 Å². The molecule has 6 nitrogen and oxygen atoms in total. The van der Waals surface area contributed by atoms with Gasteiger partial charge in [0.2, 0.25) is 5.91 Å². The van der Waals surface area contributed by atoms with Crippen molar-refractivity contribution < 1.29 is 14.3 Å². The molecule has 1 atom stereocenters. The van der Waals surface area contributed by atoms with Gasteiger partial charge in [-0.2, -0.15) is 5.26 Å². The Morgan fingerprint density at radius 1 is 1.08 bits per heavy atom. The Balaban J connectivity index is 1.39. The smallest absolute Gasteiger partial charge is 0.229 e. The molecule has 0 unspecified atom stereocenters. The van der Waals surface area contributed by atoms with E-state index in [1.807, 2.05) is 72.8 Å². The lowest BCUT2D eigenvalue weighted by Gasteiger charge is -2.42. The van der Waals surface area contributed by atoms with Crippen molar-refractivity contribution in [2.75, 3.05) is 24.6 Å². The van der Waals surface area contributed by atoms with Crippen molar-refractivity contribution in [3.05, 3.63) is 99.5 Å². The van der Waals surface area contributed by atoms with Gasteiger partial charge >= 0.3 is 0 Å². The first-order valence-corrected chi connectivity index (χ1v) is 12.9. The number of halogens is 1. The fourth-order valence-corrected chi connectivity index (χ4v) is 5.79. The van der Waals surface area contributed by atoms with Gasteiger partial charge in [-0.05, 0) is 41.5 Å². The summed E-state index contributed by atoms with van der Waals surface area (Å²) < 4.78 is 11.6. The van der Waals surface area contributed by atoms with Crippen molar-refractivity contribution in [2.24, 2.45) is 0 Å². The number of carbonyl (C=O) groups excluding carboxylic acids is 1. The van der Waals surface area contributed by atoms with E-state index < -0.39 is 0 Å². The fraction of sp³-hybridized carbons (Fsp3) is 0.214. The number of benzene rings is 3. The number of fused-ring (bicyclic) bond motifs is 1. The molecule has 3 aromatic carbocycles. The Bertz CT molecular complexity index is 1360. The molecule has 0 bridgehead atoms. The molecule has 36 heavy (non-hydrogen) atoms. The lowest BCUT2D eigenvalue weighted by molar-refractivity contribution is -0.129. The van der Waals surface area contributed by atoms with Gasteiger partial charge in [0.25, 0.3) is 0 Å². The average molecular weight is 518 g/mol. The normalized spacial score (nSPS) is 17.5. The molecule has 1 amide bonds. The van der Waals surface area contributed by atoms with Crippen molar-refractivity contribution in [1.29, 1.82) is 5.26 Å². The van der Waals surface area contributed by atoms with Gasteiger partial charge in [-0.25, -0.2) is 0 Å². The summed E-state index contributed by atoms with van der Waals surface area (Å²) in [5, 5.41) is 11.5. The van der Waals surface area contributed by atoms with Crippen LogP contribution in [0.2, 0.25) is 5.02 Å². The number of thioether (sulfide) groups is 1. The summed E-state index contributed by atoms with van der Waals surface area (Å²) >= 11 is 7.66. The summed E-state index contributed by atoms with van der Waals surface area (Å²) in [5.41, 5.74) is 3.46. The third-order valence-electron chi connectivity index (χ3n) is 6.29. The highest BCUT2D eigenvalue weighted by Gasteiger charge is 2.38. The van der Waals surface area contributed by atoms with Gasteiger partial charge in [0.05, 0.1) is 36.3 Å². The van der Waals surface area contributed by atoms with Crippen LogP contribution in [0, 0.1) is 11.3 Å². The van der Waals surface area contributed by atoms with Gasteiger partial charge in [-0.1, -0.05) is 65.8 Å². The number of nitriles is 1. The number of hydrogen-bond donors (Lipinski definition) is 0. The second-order valence-electron chi connectivity index (χ2n) is 8.53. The SMILES string of the molecule is COc1cc([C@H]2CC(=O)N3CN(c4cccc(Cl)c4)CSC3=C2C#N)ccc1OCc1ccccc1. The van der Waals surface area contributed by atoms with Crippen molar-refractivity contribution >= 4 is 35.0 Å². The van der Waals surface area contributed by atoms with Crippen molar-refractivity contribution in [1.82, 2.24) is 4.90 Å². The third-order valence-corrected chi connectivity index (χ3v) is 7.68. The molecule has 0 saturated carbocycles. The molecule has 0 aliphatic carbocycles. The van der Waals surface area contributed by atoms with E-state index in [2.05, 4.69) is 11.0 Å². The number of amides is 1. The minimum Gasteiger partial charge on any atom is -0.493 e. The Morgan fingerprint density at radius 3 is 2.67 bits per heavy atom. The quantitative estimate of drug-likeness (QED) is 0.391. The molecular formula is C28H24ClN3O3S. The highest BCUT2D eigenvalue weighted by Crippen LogP contribution is 2.44. The zero-order valence-electron chi connectivity index (χ0n) is 19.7. The third kappa shape index (κ3) is 4.88. The summed E-state index contributed by atoms with van der Waals surface area (Å²) in [4.78, 5) is 17.0. The zero-order valence-corrected chi connectivity index (χ0v) is 21.3. The Kier molecular flexibility index (Phi) is 7.08. The van der Waals surface area contributed by atoms with Crippen LogP contribution in [-0.4, -0.2) is 30.5 Å². The number of methoxy groups -OCH3 is 1. The predicted molar refractivity (Wildman–Crippen MR) is 142 cm³/mol. The van der Waals surface area contributed by atoms with Gasteiger partial charge in [0.1, 0.15) is 6.61 Å². The Hall–Kier alpha value is -3.60. The number of anilines is 1. The molecule has 0 aromatic heterocycles. The average Bonchev–Trinajstić information content (AvgIpc) is 2.92. The second-order valence-corrected chi connectivity index (χ2v) is 9.90. The van der Waals surface area contributed by atoms with Gasteiger partial charge in [0.15, 0.2) is 11.5 Å². The van der Waals surface area contributed by atoms with Gasteiger partial charge in [-0.3, -0.25) is 9.69 Å². The number of carbonyl (C=O) groups is 1. The van der Waals surface area contributed by atoms with Crippen molar-refractivity contribution in [3.8, 4) is 17.6 Å². The molecule has 0 radical (unpaired) electrons. The van der Waals surface area contributed by atoms with Crippen LogP contribution in [0.25, 0.3) is 0 Å². The van der Waals surface area contributed by atoms with Crippen LogP contribution in [0.5, 0.6) is 11.5 Å². The molecule has 1 fully saturated rings. The molecular weight excluding hydrogens is 494 g/mol. The minimum absolute atomic E-state index is 0.0170. The summed E-state index contributed by atoms with van der Waals surface area (Å²) in [5.74, 6) is 1.45. The highest BCUT2D eigenvalue weighted by atomic mass is 35.5. The molecule has 0 N–H and O–H groups in total. The second kappa shape index (κ2) is 10.6. The van der Waals surface area contributed by atoms with Gasteiger partial charge in [-0.15, -0.1) is 0 Å². The standard InChI is InChI=1S/C28H24ClN3O3S/c1-34-26-12-20(10-11-25(26)35-16-19-6-3-2-4-7-19)23-14-27(33)32-17-31(18-36-28(32)24(23)15-30)22-9-5-8-21(29)13-22/h2-13,23H,14,16-18H2,1H3/t23-/m1/s1. The molecule has 5 rings (SSSR count). The van der Waals surface area contributed by atoms with Crippen LogP contribution in [-0.2, 0) is 11.4 Å². The van der Waals surface area contributed by atoms with Crippen LogP contribution >= 0.6 is 23.4 Å². The lowest BCUT2D eigenvalue weighted by atomic mass is 9.86. The monoisotopic (exact) mass is 517 g/mol. The molecule has 2 heterocycles. The minimum atomic E-state index is -0.337. The maximum atomic E-state index is 13.3.